The van der Waals surface area contributed by atoms with Gasteiger partial charge in [0.2, 0.25) is 0 Å². The van der Waals surface area contributed by atoms with Crippen molar-refractivity contribution in [2.75, 3.05) is 6.61 Å². The number of aliphatic hydroxyl groups is 1. The quantitative estimate of drug-likeness (QED) is 0.842. The maximum Gasteiger partial charge on any atom is 0.122 e. The minimum atomic E-state index is -0.465. The summed E-state index contributed by atoms with van der Waals surface area (Å²) >= 11 is 0. The highest BCUT2D eigenvalue weighted by atomic mass is 16.5. The van der Waals surface area contributed by atoms with E-state index in [9.17, 15) is 5.11 Å². The molecule has 0 bridgehead atoms. The van der Waals surface area contributed by atoms with E-state index in [0.717, 1.165) is 37.2 Å². The largest absolute Gasteiger partial charge is 0.493 e. The zero-order valence-electron chi connectivity index (χ0n) is 11.2. The Labute approximate surface area is 109 Å². The van der Waals surface area contributed by atoms with E-state index in [1.54, 1.807) is 0 Å². The Morgan fingerprint density at radius 2 is 2.11 bits per heavy atom. The van der Waals surface area contributed by atoms with Gasteiger partial charge >= 0.3 is 0 Å². The van der Waals surface area contributed by atoms with Crippen LogP contribution in [0.5, 0.6) is 5.75 Å². The van der Waals surface area contributed by atoms with E-state index >= 15 is 0 Å². The minimum Gasteiger partial charge on any atom is -0.493 e. The lowest BCUT2D eigenvalue weighted by Crippen LogP contribution is -2.26. The monoisotopic (exact) mass is 249 g/mol. The van der Waals surface area contributed by atoms with Gasteiger partial charge in [0, 0.05) is 6.42 Å². The molecule has 18 heavy (non-hydrogen) atoms. The van der Waals surface area contributed by atoms with Gasteiger partial charge in [-0.1, -0.05) is 26.0 Å². The third-order valence-corrected chi connectivity index (χ3v) is 3.55. The average Bonchev–Trinajstić information content (AvgIpc) is 2.81. The number of hydrogen-bond acceptors (Lipinski definition) is 3. The van der Waals surface area contributed by atoms with Crippen LogP contribution in [0.25, 0.3) is 0 Å². The van der Waals surface area contributed by atoms with Crippen molar-refractivity contribution in [2.24, 2.45) is 11.7 Å². The van der Waals surface area contributed by atoms with Gasteiger partial charge in [0.05, 0.1) is 18.8 Å². The van der Waals surface area contributed by atoms with Crippen LogP contribution in [0.15, 0.2) is 18.2 Å². The summed E-state index contributed by atoms with van der Waals surface area (Å²) in [7, 11) is 0. The van der Waals surface area contributed by atoms with Gasteiger partial charge < -0.3 is 15.6 Å². The molecular weight excluding hydrogens is 226 g/mol. The van der Waals surface area contributed by atoms with Gasteiger partial charge in [-0.3, -0.25) is 0 Å². The molecule has 2 atom stereocenters. The summed E-state index contributed by atoms with van der Waals surface area (Å²) in [5.74, 6) is 1.56. The molecule has 0 aliphatic carbocycles. The number of nitrogens with two attached hydrogens (primary N) is 1. The fourth-order valence-electron chi connectivity index (χ4n) is 2.32. The van der Waals surface area contributed by atoms with Crippen LogP contribution in [0.4, 0.5) is 0 Å². The molecule has 3 heteroatoms. The van der Waals surface area contributed by atoms with Crippen molar-refractivity contribution in [3.63, 3.8) is 0 Å². The van der Waals surface area contributed by atoms with Gasteiger partial charge in [-0.2, -0.15) is 0 Å². The Hall–Kier alpha value is -1.06. The molecule has 1 aromatic carbocycles. The molecular formula is C15H23NO2. The van der Waals surface area contributed by atoms with Crippen LogP contribution in [-0.2, 0) is 6.42 Å². The third kappa shape index (κ3) is 3.03. The highest BCUT2D eigenvalue weighted by Gasteiger charge is 2.20. The van der Waals surface area contributed by atoms with Crippen molar-refractivity contribution < 1.29 is 9.84 Å². The van der Waals surface area contributed by atoms with Crippen LogP contribution in [0.3, 0.4) is 0 Å². The Kier molecular flexibility index (Phi) is 4.25. The van der Waals surface area contributed by atoms with E-state index in [4.69, 9.17) is 10.5 Å². The van der Waals surface area contributed by atoms with Crippen LogP contribution < -0.4 is 10.5 Å². The third-order valence-electron chi connectivity index (χ3n) is 3.55. The van der Waals surface area contributed by atoms with E-state index in [0.29, 0.717) is 5.92 Å². The van der Waals surface area contributed by atoms with Crippen molar-refractivity contribution >= 4 is 0 Å². The molecule has 0 spiro atoms. The number of aliphatic hydroxyl groups excluding tert-OH is 1. The number of rotatable bonds is 5. The predicted molar refractivity (Wildman–Crippen MR) is 72.6 cm³/mol. The predicted octanol–water partition coefficient (Wildman–Crippen LogP) is 2.42. The van der Waals surface area contributed by atoms with E-state index in [1.807, 2.05) is 12.1 Å². The number of hydrogen-bond donors (Lipinski definition) is 2. The Morgan fingerprint density at radius 1 is 1.33 bits per heavy atom. The second kappa shape index (κ2) is 5.72. The Morgan fingerprint density at radius 3 is 2.83 bits per heavy atom. The molecule has 3 N–H and O–H groups in total. The SMILES string of the molecule is CC(C)CC[C@@H](O)[C@@H](N)c1ccc2c(c1)CCO2. The molecule has 1 aromatic rings. The molecule has 0 unspecified atom stereocenters. The number of fused-ring (bicyclic) bond motifs is 1. The summed E-state index contributed by atoms with van der Waals surface area (Å²) < 4.78 is 5.47. The molecule has 0 saturated carbocycles. The molecule has 3 nitrogen and oxygen atoms in total. The molecule has 1 aliphatic rings. The van der Waals surface area contributed by atoms with E-state index in [2.05, 4.69) is 19.9 Å². The smallest absolute Gasteiger partial charge is 0.122 e. The second-order valence-electron chi connectivity index (χ2n) is 5.53. The van der Waals surface area contributed by atoms with Crippen LogP contribution in [0, 0.1) is 5.92 Å². The second-order valence-corrected chi connectivity index (χ2v) is 5.53. The maximum atomic E-state index is 10.1. The lowest BCUT2D eigenvalue weighted by Gasteiger charge is -2.20. The van der Waals surface area contributed by atoms with Crippen LogP contribution >= 0.6 is 0 Å². The lowest BCUT2D eigenvalue weighted by atomic mass is 9.94. The zero-order valence-corrected chi connectivity index (χ0v) is 11.2. The molecule has 0 saturated heterocycles. The molecule has 100 valence electrons. The molecule has 0 aromatic heterocycles. The first-order chi connectivity index (χ1) is 8.58. The van der Waals surface area contributed by atoms with Crippen molar-refractivity contribution in [1.82, 2.24) is 0 Å². The topological polar surface area (TPSA) is 55.5 Å². The molecule has 1 aliphatic heterocycles. The van der Waals surface area contributed by atoms with Crippen molar-refractivity contribution in [2.45, 2.75) is 45.3 Å². The molecule has 0 radical (unpaired) electrons. The zero-order chi connectivity index (χ0) is 13.1. The van der Waals surface area contributed by atoms with Gasteiger partial charge in [0.15, 0.2) is 0 Å². The van der Waals surface area contributed by atoms with Gasteiger partial charge in [0.1, 0.15) is 5.75 Å². The van der Waals surface area contributed by atoms with Gasteiger partial charge in [-0.05, 0) is 36.0 Å². The summed E-state index contributed by atoms with van der Waals surface area (Å²) in [4.78, 5) is 0. The minimum absolute atomic E-state index is 0.297. The van der Waals surface area contributed by atoms with E-state index in [-0.39, 0.29) is 6.04 Å². The Bertz CT molecular complexity index is 403. The maximum absolute atomic E-state index is 10.1. The van der Waals surface area contributed by atoms with Crippen molar-refractivity contribution in [3.8, 4) is 5.75 Å². The summed E-state index contributed by atoms with van der Waals surface area (Å²) in [5.41, 5.74) is 8.35. The summed E-state index contributed by atoms with van der Waals surface area (Å²) in [6.45, 7) is 5.07. The van der Waals surface area contributed by atoms with Gasteiger partial charge in [-0.15, -0.1) is 0 Å². The highest BCUT2D eigenvalue weighted by molar-refractivity contribution is 5.40. The van der Waals surface area contributed by atoms with Crippen LogP contribution in [0.2, 0.25) is 0 Å². The van der Waals surface area contributed by atoms with Gasteiger partial charge in [0.25, 0.3) is 0 Å². The Balaban J connectivity index is 2.02. The molecule has 2 rings (SSSR count). The van der Waals surface area contributed by atoms with Crippen LogP contribution in [-0.4, -0.2) is 17.8 Å². The normalized spacial score (nSPS) is 17.4. The first-order valence-electron chi connectivity index (χ1n) is 6.77. The summed E-state index contributed by atoms with van der Waals surface area (Å²) in [6.07, 6.45) is 2.24. The van der Waals surface area contributed by atoms with E-state index in [1.165, 1.54) is 5.56 Å². The lowest BCUT2D eigenvalue weighted by molar-refractivity contribution is 0.128. The van der Waals surface area contributed by atoms with Crippen LogP contribution in [0.1, 0.15) is 43.9 Å². The molecule has 1 heterocycles. The molecule has 0 fully saturated rings. The number of benzene rings is 1. The molecule has 0 amide bonds. The standard InChI is InChI=1S/C15H23NO2/c1-10(2)3-5-13(17)15(16)12-4-6-14-11(9-12)7-8-18-14/h4,6,9-10,13,15,17H,3,5,7-8,16H2,1-2H3/t13-,15+/m1/s1. The fourth-order valence-corrected chi connectivity index (χ4v) is 2.32. The highest BCUT2D eigenvalue weighted by Crippen LogP contribution is 2.29. The summed E-state index contributed by atoms with van der Waals surface area (Å²) in [5, 5.41) is 10.1. The van der Waals surface area contributed by atoms with Crippen molar-refractivity contribution in [1.29, 1.82) is 0 Å². The number of ether oxygens (including phenoxy) is 1. The fraction of sp³-hybridized carbons (Fsp3) is 0.600. The first kappa shape index (κ1) is 13.4. The first-order valence-corrected chi connectivity index (χ1v) is 6.77. The average molecular weight is 249 g/mol. The van der Waals surface area contributed by atoms with Crippen molar-refractivity contribution in [3.05, 3.63) is 29.3 Å². The summed E-state index contributed by atoms with van der Waals surface area (Å²) in [6, 6.07) is 5.71. The van der Waals surface area contributed by atoms with E-state index < -0.39 is 6.10 Å². The van der Waals surface area contributed by atoms with Gasteiger partial charge in [-0.25, -0.2) is 0 Å².